The molecule has 2 aliphatic carbocycles. The van der Waals surface area contributed by atoms with E-state index in [4.69, 9.17) is 18.9 Å². The molecular formula is C23H27BrO6. The summed E-state index contributed by atoms with van der Waals surface area (Å²) in [6.07, 6.45) is 8.36. The summed E-state index contributed by atoms with van der Waals surface area (Å²) >= 11 is 3.42. The Hall–Kier alpha value is -1.86. The molecule has 2 saturated carbocycles. The van der Waals surface area contributed by atoms with Crippen LogP contribution < -0.4 is 4.74 Å². The lowest BCUT2D eigenvalue weighted by Crippen LogP contribution is -2.43. The molecule has 0 N–H and O–H groups in total. The van der Waals surface area contributed by atoms with Crippen LogP contribution in [0.15, 0.2) is 40.8 Å². The van der Waals surface area contributed by atoms with Crippen molar-refractivity contribution in [3.05, 3.63) is 40.8 Å². The molecule has 7 heteroatoms. The number of hydrogen-bond donors (Lipinski definition) is 0. The summed E-state index contributed by atoms with van der Waals surface area (Å²) in [5, 5.41) is 0. The van der Waals surface area contributed by atoms with E-state index >= 15 is 0 Å². The number of rotatable bonds is 6. The van der Waals surface area contributed by atoms with Crippen LogP contribution in [0.1, 0.15) is 51.4 Å². The second-order valence-electron chi connectivity index (χ2n) is 8.16. The molecule has 162 valence electrons. The first-order valence-electron chi connectivity index (χ1n) is 10.7. The van der Waals surface area contributed by atoms with Crippen molar-refractivity contribution in [3.8, 4) is 5.75 Å². The number of para-hydroxylation sites is 1. The first-order valence-corrected chi connectivity index (χ1v) is 11.5. The van der Waals surface area contributed by atoms with Crippen LogP contribution in [0.4, 0.5) is 0 Å². The fraction of sp³-hybridized carbons (Fsp3) is 0.565. The molecule has 3 unspecified atom stereocenters. The molecule has 30 heavy (non-hydrogen) atoms. The van der Waals surface area contributed by atoms with Gasteiger partial charge in [0, 0.05) is 6.42 Å². The summed E-state index contributed by atoms with van der Waals surface area (Å²) in [4.78, 5) is 24.9. The Labute approximate surface area is 185 Å². The van der Waals surface area contributed by atoms with E-state index in [1.54, 1.807) is 6.07 Å². The van der Waals surface area contributed by atoms with Gasteiger partial charge in [-0.05, 0) is 66.6 Å². The number of hydrogen-bond acceptors (Lipinski definition) is 6. The first kappa shape index (κ1) is 21.4. The quantitative estimate of drug-likeness (QED) is 0.551. The van der Waals surface area contributed by atoms with Crippen LogP contribution >= 0.6 is 15.9 Å². The lowest BCUT2D eigenvalue weighted by Gasteiger charge is -2.37. The number of ketones is 1. The highest BCUT2D eigenvalue weighted by molar-refractivity contribution is 9.10. The molecule has 3 aliphatic rings. The van der Waals surface area contributed by atoms with Gasteiger partial charge < -0.3 is 18.9 Å². The summed E-state index contributed by atoms with van der Waals surface area (Å²) in [5.74, 6) is 0.207. The second kappa shape index (κ2) is 9.96. The van der Waals surface area contributed by atoms with Crippen molar-refractivity contribution >= 4 is 27.7 Å². The Bertz CT molecular complexity index is 801. The lowest BCUT2D eigenvalue weighted by molar-refractivity contribution is -0.161. The van der Waals surface area contributed by atoms with E-state index in [1.165, 1.54) is 12.7 Å². The first-order chi connectivity index (χ1) is 14.6. The smallest absolute Gasteiger partial charge is 0.332 e. The number of ether oxygens (including phenoxy) is 4. The zero-order valence-electron chi connectivity index (χ0n) is 16.9. The molecule has 0 bridgehead atoms. The standard InChI is InChI=1S/C23H27BrO6/c24-18-8-4-5-9-19(18)30-21-13-28-20-12-16(10-11-17(20)23(21)26)27-14-22(25)29-15-6-2-1-3-7-15/h4-5,8-9,13,15-17,20H,1-3,6-7,10-12,14H2. The molecule has 0 saturated heterocycles. The topological polar surface area (TPSA) is 71.1 Å². The Morgan fingerprint density at radius 1 is 1.07 bits per heavy atom. The van der Waals surface area contributed by atoms with Gasteiger partial charge in [0.05, 0.1) is 16.5 Å². The van der Waals surface area contributed by atoms with Gasteiger partial charge in [-0.1, -0.05) is 18.6 Å². The molecule has 1 heterocycles. The van der Waals surface area contributed by atoms with Gasteiger partial charge in [-0.3, -0.25) is 4.79 Å². The van der Waals surface area contributed by atoms with Crippen LogP contribution in [-0.4, -0.2) is 36.7 Å². The summed E-state index contributed by atoms with van der Waals surface area (Å²) in [6, 6.07) is 7.38. The maximum atomic E-state index is 12.9. The van der Waals surface area contributed by atoms with Crippen molar-refractivity contribution in [1.82, 2.24) is 0 Å². The molecule has 4 rings (SSSR count). The van der Waals surface area contributed by atoms with Gasteiger partial charge in [-0.2, -0.15) is 0 Å². The van der Waals surface area contributed by atoms with Crippen LogP contribution in [-0.2, 0) is 23.8 Å². The van der Waals surface area contributed by atoms with Crippen molar-refractivity contribution in [2.45, 2.75) is 69.7 Å². The average Bonchev–Trinajstić information content (AvgIpc) is 2.76. The number of allylic oxidation sites excluding steroid dienone is 1. The SMILES string of the molecule is O=C(COC1CCC2C(=O)C(Oc3ccccc3Br)=COC2C1)OC1CCCCC1. The van der Waals surface area contributed by atoms with E-state index in [9.17, 15) is 9.59 Å². The third kappa shape index (κ3) is 5.24. The Kier molecular flexibility index (Phi) is 7.10. The number of carbonyl (C=O) groups is 2. The van der Waals surface area contributed by atoms with E-state index in [-0.39, 0.29) is 48.3 Å². The minimum absolute atomic E-state index is 0.0399. The van der Waals surface area contributed by atoms with E-state index in [0.29, 0.717) is 25.0 Å². The Morgan fingerprint density at radius 3 is 2.67 bits per heavy atom. The van der Waals surface area contributed by atoms with Gasteiger partial charge >= 0.3 is 5.97 Å². The maximum absolute atomic E-state index is 12.9. The van der Waals surface area contributed by atoms with Gasteiger partial charge in [0.2, 0.25) is 11.5 Å². The highest BCUT2D eigenvalue weighted by Gasteiger charge is 2.41. The number of carbonyl (C=O) groups excluding carboxylic acids is 2. The molecule has 1 aromatic rings. The van der Waals surface area contributed by atoms with Crippen LogP contribution in [0.25, 0.3) is 0 Å². The number of esters is 1. The zero-order chi connectivity index (χ0) is 20.9. The predicted octanol–water partition coefficient (Wildman–Crippen LogP) is 4.70. The van der Waals surface area contributed by atoms with Crippen LogP contribution in [0.3, 0.4) is 0 Å². The van der Waals surface area contributed by atoms with Crippen molar-refractivity contribution < 1.29 is 28.5 Å². The zero-order valence-corrected chi connectivity index (χ0v) is 18.5. The van der Waals surface area contributed by atoms with Gasteiger partial charge in [-0.25, -0.2) is 4.79 Å². The molecule has 3 atom stereocenters. The van der Waals surface area contributed by atoms with Crippen molar-refractivity contribution in [2.24, 2.45) is 5.92 Å². The maximum Gasteiger partial charge on any atom is 0.332 e. The minimum atomic E-state index is -0.298. The third-order valence-electron chi connectivity index (χ3n) is 6.02. The molecule has 1 aromatic carbocycles. The largest absolute Gasteiger partial charge is 0.493 e. The number of fused-ring (bicyclic) bond motifs is 1. The molecule has 0 radical (unpaired) electrons. The van der Waals surface area contributed by atoms with Gasteiger partial charge in [-0.15, -0.1) is 0 Å². The van der Waals surface area contributed by atoms with Gasteiger partial charge in [0.15, 0.2) is 0 Å². The Balaban J connectivity index is 1.26. The third-order valence-corrected chi connectivity index (χ3v) is 6.67. The number of benzene rings is 1. The Morgan fingerprint density at radius 2 is 1.87 bits per heavy atom. The average molecular weight is 479 g/mol. The normalized spacial score (nSPS) is 26.9. The highest BCUT2D eigenvalue weighted by atomic mass is 79.9. The molecule has 1 aliphatic heterocycles. The van der Waals surface area contributed by atoms with E-state index < -0.39 is 0 Å². The van der Waals surface area contributed by atoms with E-state index in [2.05, 4.69) is 15.9 Å². The van der Waals surface area contributed by atoms with Crippen molar-refractivity contribution in [1.29, 1.82) is 0 Å². The molecular weight excluding hydrogens is 452 g/mol. The fourth-order valence-corrected chi connectivity index (χ4v) is 4.76. The van der Waals surface area contributed by atoms with Crippen LogP contribution in [0, 0.1) is 5.92 Å². The monoisotopic (exact) mass is 478 g/mol. The number of Topliss-reactive ketones (excluding diaryl/α,β-unsaturated/α-hetero) is 1. The highest BCUT2D eigenvalue weighted by Crippen LogP contribution is 2.36. The second-order valence-corrected chi connectivity index (χ2v) is 9.01. The fourth-order valence-electron chi connectivity index (χ4n) is 4.39. The van der Waals surface area contributed by atoms with Gasteiger partial charge in [0.1, 0.15) is 30.8 Å². The molecule has 2 fully saturated rings. The molecule has 0 spiro atoms. The van der Waals surface area contributed by atoms with Crippen molar-refractivity contribution in [2.75, 3.05) is 6.61 Å². The molecule has 0 amide bonds. The minimum Gasteiger partial charge on any atom is -0.493 e. The molecule has 0 aromatic heterocycles. The lowest BCUT2D eigenvalue weighted by atomic mass is 9.80. The molecule has 6 nitrogen and oxygen atoms in total. The van der Waals surface area contributed by atoms with Crippen LogP contribution in [0.5, 0.6) is 5.75 Å². The summed E-state index contributed by atoms with van der Waals surface area (Å²) in [5.41, 5.74) is 0. The predicted molar refractivity (Wildman–Crippen MR) is 113 cm³/mol. The summed E-state index contributed by atoms with van der Waals surface area (Å²) < 4.78 is 23.7. The van der Waals surface area contributed by atoms with Gasteiger partial charge in [0.25, 0.3) is 0 Å². The van der Waals surface area contributed by atoms with Crippen LogP contribution in [0.2, 0.25) is 0 Å². The number of halogens is 1. The summed E-state index contributed by atoms with van der Waals surface area (Å²) in [7, 11) is 0. The van der Waals surface area contributed by atoms with E-state index in [0.717, 1.165) is 30.2 Å². The van der Waals surface area contributed by atoms with E-state index in [1.807, 2.05) is 18.2 Å². The summed E-state index contributed by atoms with van der Waals surface area (Å²) in [6.45, 7) is -0.0429. The van der Waals surface area contributed by atoms with Crippen molar-refractivity contribution in [3.63, 3.8) is 0 Å².